The van der Waals surface area contributed by atoms with E-state index in [1.807, 2.05) is 10.6 Å². The molecule has 2 fully saturated rings. The molecule has 160 valence electrons. The van der Waals surface area contributed by atoms with Crippen molar-refractivity contribution in [3.63, 3.8) is 0 Å². The van der Waals surface area contributed by atoms with E-state index in [4.69, 9.17) is 9.97 Å². The fraction of sp³-hybridized carbons (Fsp3) is 0.238. The van der Waals surface area contributed by atoms with Gasteiger partial charge in [-0.05, 0) is 56.0 Å². The van der Waals surface area contributed by atoms with E-state index in [-0.39, 0.29) is 5.70 Å². The number of hydrogen-bond donors (Lipinski definition) is 3. The molecule has 1 saturated carbocycles. The molecule has 3 amide bonds. The lowest BCUT2D eigenvalue weighted by Crippen LogP contribution is -2.22. The summed E-state index contributed by atoms with van der Waals surface area (Å²) < 4.78 is 3.45. The van der Waals surface area contributed by atoms with Crippen molar-refractivity contribution in [2.45, 2.75) is 32.7 Å². The Morgan fingerprint density at radius 2 is 1.94 bits per heavy atom. The number of fused-ring (bicyclic) bond motifs is 2. The number of hydrogen-bond acceptors (Lipinski definition) is 7. The second-order valence-electron chi connectivity index (χ2n) is 8.11. The summed E-state index contributed by atoms with van der Waals surface area (Å²) in [5, 5.41) is 12.5. The summed E-state index contributed by atoms with van der Waals surface area (Å²) in [6, 6.07) is 3.90. The minimum absolute atomic E-state index is 0.140. The lowest BCUT2D eigenvalue weighted by molar-refractivity contribution is -0.115. The Morgan fingerprint density at radius 1 is 1.12 bits per heavy atom. The number of aryl methyl sites for hydroxylation is 2. The molecule has 1 saturated heterocycles. The molecule has 0 spiro atoms. The normalized spacial score (nSPS) is 17.4. The van der Waals surface area contributed by atoms with Crippen molar-refractivity contribution in [1.29, 1.82) is 0 Å². The van der Waals surface area contributed by atoms with Gasteiger partial charge in [-0.15, -0.1) is 0 Å². The van der Waals surface area contributed by atoms with E-state index < -0.39 is 11.9 Å². The van der Waals surface area contributed by atoms with Gasteiger partial charge in [0.15, 0.2) is 5.65 Å². The first-order valence-corrected chi connectivity index (χ1v) is 10.3. The summed E-state index contributed by atoms with van der Waals surface area (Å²) in [7, 11) is 0. The van der Waals surface area contributed by atoms with Gasteiger partial charge >= 0.3 is 6.03 Å². The average Bonchev–Trinajstić information content (AvgIpc) is 3.19. The van der Waals surface area contributed by atoms with Crippen LogP contribution in [0.3, 0.4) is 0 Å². The molecule has 0 atom stereocenters. The van der Waals surface area contributed by atoms with Gasteiger partial charge in [0.05, 0.1) is 17.2 Å². The van der Waals surface area contributed by atoms with Gasteiger partial charge < -0.3 is 10.6 Å². The van der Waals surface area contributed by atoms with Gasteiger partial charge in [0.25, 0.3) is 5.91 Å². The van der Waals surface area contributed by atoms with Crippen LogP contribution in [-0.2, 0) is 4.79 Å². The minimum Gasteiger partial charge on any atom is -0.351 e. The molecule has 4 aromatic rings. The molecule has 0 unspecified atom stereocenters. The van der Waals surface area contributed by atoms with Crippen LogP contribution in [-0.4, -0.2) is 47.1 Å². The van der Waals surface area contributed by atoms with Gasteiger partial charge in [0.1, 0.15) is 12.0 Å². The summed E-state index contributed by atoms with van der Waals surface area (Å²) in [5.74, 6) is 0.501. The van der Waals surface area contributed by atoms with Crippen molar-refractivity contribution in [2.24, 2.45) is 0 Å². The molecule has 4 heterocycles. The molecule has 1 aliphatic heterocycles. The predicted molar refractivity (Wildman–Crippen MR) is 116 cm³/mol. The molecular formula is C21H19N9O2. The Labute approximate surface area is 181 Å². The lowest BCUT2D eigenvalue weighted by Gasteiger charge is -2.10. The van der Waals surface area contributed by atoms with Crippen LogP contribution in [0.5, 0.6) is 0 Å². The number of imide groups is 1. The third-order valence-electron chi connectivity index (χ3n) is 5.69. The fourth-order valence-corrected chi connectivity index (χ4v) is 3.66. The Bertz CT molecular complexity index is 1480. The van der Waals surface area contributed by atoms with Crippen molar-refractivity contribution < 1.29 is 9.59 Å². The average molecular weight is 429 g/mol. The van der Waals surface area contributed by atoms with Gasteiger partial charge in [-0.2, -0.15) is 19.6 Å². The lowest BCUT2D eigenvalue weighted by atomic mass is 10.1. The summed E-state index contributed by atoms with van der Waals surface area (Å²) >= 11 is 0. The molecule has 1 aliphatic carbocycles. The van der Waals surface area contributed by atoms with Crippen molar-refractivity contribution >= 4 is 40.6 Å². The fourth-order valence-electron chi connectivity index (χ4n) is 3.66. The van der Waals surface area contributed by atoms with Crippen LogP contribution in [0.1, 0.15) is 29.5 Å². The standard InChI is InChI=1S/C21H19N9O2/c1-10-5-14-16(6-11(10)2)29(9-22-14)19-26-17-12(7-15-18(31)27-21(32)25-15)8-23-30(17)20(28-19)24-13-3-4-13/h5-9,13H,3-4H2,1-2H3,(H,24,26,28)(H2,25,27,31,32)/b15-7-. The Hall–Kier alpha value is -4.28. The van der Waals surface area contributed by atoms with E-state index in [9.17, 15) is 9.59 Å². The maximum atomic E-state index is 12.0. The van der Waals surface area contributed by atoms with Crippen molar-refractivity contribution in [3.8, 4) is 5.95 Å². The van der Waals surface area contributed by atoms with Crippen molar-refractivity contribution in [3.05, 3.63) is 47.0 Å². The number of carbonyl (C=O) groups is 2. The summed E-state index contributed by atoms with van der Waals surface area (Å²) in [6.07, 6.45) is 6.99. The zero-order chi connectivity index (χ0) is 22.0. The quantitative estimate of drug-likeness (QED) is 0.333. The summed E-state index contributed by atoms with van der Waals surface area (Å²) in [4.78, 5) is 37.4. The van der Waals surface area contributed by atoms with Crippen LogP contribution in [0, 0.1) is 13.8 Å². The number of aromatic nitrogens is 6. The van der Waals surface area contributed by atoms with Gasteiger partial charge in [0.2, 0.25) is 11.9 Å². The second-order valence-corrected chi connectivity index (χ2v) is 8.11. The third kappa shape index (κ3) is 2.97. The SMILES string of the molecule is Cc1cc2ncn(-c3nc(NC4CC4)n4ncc(/C=C5\NC(=O)NC5=O)c4n3)c2cc1C. The molecular weight excluding hydrogens is 410 g/mol. The van der Waals surface area contributed by atoms with Gasteiger partial charge in [-0.1, -0.05) is 0 Å². The number of rotatable bonds is 4. The van der Waals surface area contributed by atoms with E-state index in [0.29, 0.717) is 29.1 Å². The number of benzene rings is 1. The molecule has 11 heteroatoms. The molecule has 6 rings (SSSR count). The van der Waals surface area contributed by atoms with E-state index in [0.717, 1.165) is 35.0 Å². The van der Waals surface area contributed by atoms with Crippen LogP contribution in [0.25, 0.3) is 28.7 Å². The Morgan fingerprint density at radius 3 is 2.69 bits per heavy atom. The summed E-state index contributed by atoms with van der Waals surface area (Å²) in [5.41, 5.74) is 5.29. The maximum Gasteiger partial charge on any atom is 0.326 e. The largest absolute Gasteiger partial charge is 0.351 e. The van der Waals surface area contributed by atoms with Crippen LogP contribution >= 0.6 is 0 Å². The molecule has 3 N–H and O–H groups in total. The molecule has 2 aliphatic rings. The number of carbonyl (C=O) groups excluding carboxylic acids is 2. The zero-order valence-corrected chi connectivity index (χ0v) is 17.4. The van der Waals surface area contributed by atoms with Crippen molar-refractivity contribution in [2.75, 3.05) is 5.32 Å². The highest BCUT2D eigenvalue weighted by Gasteiger charge is 2.26. The van der Waals surface area contributed by atoms with Crippen LogP contribution < -0.4 is 16.0 Å². The summed E-state index contributed by atoms with van der Waals surface area (Å²) in [6.45, 7) is 4.11. The number of nitrogens with zero attached hydrogens (tertiary/aromatic N) is 6. The minimum atomic E-state index is -0.556. The third-order valence-corrected chi connectivity index (χ3v) is 5.69. The first-order valence-electron chi connectivity index (χ1n) is 10.3. The van der Waals surface area contributed by atoms with E-state index in [2.05, 4.69) is 45.9 Å². The monoisotopic (exact) mass is 429 g/mol. The molecule has 3 aromatic heterocycles. The van der Waals surface area contributed by atoms with E-state index >= 15 is 0 Å². The van der Waals surface area contributed by atoms with E-state index in [1.54, 1.807) is 23.1 Å². The molecule has 1 aromatic carbocycles. The van der Waals surface area contributed by atoms with Gasteiger partial charge in [-0.3, -0.25) is 14.7 Å². The smallest absolute Gasteiger partial charge is 0.326 e. The number of imidazole rings is 1. The first kappa shape index (κ1) is 18.5. The van der Waals surface area contributed by atoms with Crippen LogP contribution in [0.15, 0.2) is 30.4 Å². The molecule has 32 heavy (non-hydrogen) atoms. The highest BCUT2D eigenvalue weighted by atomic mass is 16.2. The number of anilines is 1. The van der Waals surface area contributed by atoms with Crippen molar-refractivity contribution in [1.82, 2.24) is 39.8 Å². The maximum absolute atomic E-state index is 12.0. The van der Waals surface area contributed by atoms with Crippen LogP contribution in [0.2, 0.25) is 0 Å². The predicted octanol–water partition coefficient (Wildman–Crippen LogP) is 1.83. The van der Waals surface area contributed by atoms with Crippen LogP contribution in [0.4, 0.5) is 10.7 Å². The van der Waals surface area contributed by atoms with Gasteiger partial charge in [-0.25, -0.2) is 9.78 Å². The van der Waals surface area contributed by atoms with E-state index in [1.165, 1.54) is 0 Å². The number of urea groups is 1. The van der Waals surface area contributed by atoms with Gasteiger partial charge in [0, 0.05) is 11.6 Å². The topological polar surface area (TPSA) is 131 Å². The highest BCUT2D eigenvalue weighted by molar-refractivity contribution is 6.14. The molecule has 11 nitrogen and oxygen atoms in total. The molecule has 0 radical (unpaired) electrons. The number of amides is 3. The zero-order valence-electron chi connectivity index (χ0n) is 17.4. The first-order chi connectivity index (χ1) is 15.5. The second kappa shape index (κ2) is 6.61. The number of nitrogens with one attached hydrogen (secondary N) is 3. The Kier molecular flexibility index (Phi) is 3.82. The Balaban J connectivity index is 1.54. The highest BCUT2D eigenvalue weighted by Crippen LogP contribution is 2.27. The molecule has 0 bridgehead atoms.